The molecule has 5 nitrogen and oxygen atoms in total. The van der Waals surface area contributed by atoms with Crippen LogP contribution in [0.5, 0.6) is 0 Å². The van der Waals surface area contributed by atoms with Gasteiger partial charge in [-0.2, -0.15) is 0 Å². The van der Waals surface area contributed by atoms with Gasteiger partial charge < -0.3 is 10.6 Å². The molecule has 0 unspecified atom stereocenters. The number of nitrogens with two attached hydrogens (primary N) is 1. The summed E-state index contributed by atoms with van der Waals surface area (Å²) in [7, 11) is -3.45. The minimum atomic E-state index is -3.45. The first-order valence-corrected chi connectivity index (χ1v) is 7.55. The number of nitrogens with one attached hydrogen (secondary N) is 1. The fraction of sp³-hybridized carbons (Fsp3) is 0.500. The van der Waals surface area contributed by atoms with E-state index in [9.17, 15) is 8.42 Å². The quantitative estimate of drug-likeness (QED) is 0.722. The molecular formula is C12H21N3O2S. The third-order valence-corrected chi connectivity index (χ3v) is 4.24. The molecule has 0 saturated heterocycles. The van der Waals surface area contributed by atoms with Crippen molar-refractivity contribution in [3.63, 3.8) is 0 Å². The molecule has 0 radical (unpaired) electrons. The van der Waals surface area contributed by atoms with Gasteiger partial charge in [-0.15, -0.1) is 0 Å². The van der Waals surface area contributed by atoms with E-state index >= 15 is 0 Å². The van der Waals surface area contributed by atoms with E-state index in [1.807, 2.05) is 0 Å². The molecule has 18 heavy (non-hydrogen) atoms. The second-order valence-electron chi connectivity index (χ2n) is 4.00. The Bertz CT molecular complexity index is 470. The molecule has 0 amide bonds. The van der Waals surface area contributed by atoms with Gasteiger partial charge in [-0.3, -0.25) is 0 Å². The highest BCUT2D eigenvalue weighted by molar-refractivity contribution is 7.89. The largest absolute Gasteiger partial charge is 0.399 e. The molecule has 0 aliphatic heterocycles. The van der Waals surface area contributed by atoms with Crippen molar-refractivity contribution in [1.82, 2.24) is 9.62 Å². The summed E-state index contributed by atoms with van der Waals surface area (Å²) >= 11 is 0. The Morgan fingerprint density at radius 2 is 1.94 bits per heavy atom. The minimum Gasteiger partial charge on any atom is -0.399 e. The van der Waals surface area contributed by atoms with Gasteiger partial charge in [0.25, 0.3) is 0 Å². The van der Waals surface area contributed by atoms with E-state index in [0.717, 1.165) is 13.1 Å². The Morgan fingerprint density at radius 1 is 1.28 bits per heavy atom. The summed E-state index contributed by atoms with van der Waals surface area (Å²) in [6, 6.07) is 6.29. The Kier molecular flexibility index (Phi) is 5.58. The third-order valence-electron chi connectivity index (χ3n) is 2.78. The highest BCUT2D eigenvalue weighted by Crippen LogP contribution is 2.12. The maximum Gasteiger partial charge on any atom is 0.240 e. The van der Waals surface area contributed by atoms with Crippen molar-refractivity contribution in [1.29, 1.82) is 0 Å². The van der Waals surface area contributed by atoms with Crippen molar-refractivity contribution in [2.24, 2.45) is 0 Å². The first kappa shape index (κ1) is 14.9. The number of hydrogen-bond acceptors (Lipinski definition) is 4. The lowest BCUT2D eigenvalue weighted by Gasteiger charge is -2.18. The Morgan fingerprint density at radius 3 is 2.50 bits per heavy atom. The van der Waals surface area contributed by atoms with Crippen molar-refractivity contribution in [3.8, 4) is 0 Å². The number of nitrogens with zero attached hydrogens (tertiary/aromatic N) is 1. The summed E-state index contributed by atoms with van der Waals surface area (Å²) in [5.74, 6) is 0. The molecule has 0 aromatic heterocycles. The topological polar surface area (TPSA) is 75.4 Å². The van der Waals surface area contributed by atoms with Gasteiger partial charge in [0.05, 0.1) is 4.90 Å². The van der Waals surface area contributed by atoms with Gasteiger partial charge in [-0.05, 0) is 31.3 Å². The minimum absolute atomic E-state index is 0.210. The van der Waals surface area contributed by atoms with Crippen molar-refractivity contribution in [2.45, 2.75) is 18.7 Å². The zero-order valence-electron chi connectivity index (χ0n) is 10.9. The summed E-state index contributed by atoms with van der Waals surface area (Å²) in [4.78, 5) is 2.36. The van der Waals surface area contributed by atoms with E-state index in [-0.39, 0.29) is 4.90 Å². The van der Waals surface area contributed by atoms with Crippen LogP contribution >= 0.6 is 0 Å². The molecule has 1 aromatic carbocycles. The molecule has 0 fully saturated rings. The Balaban J connectivity index is 2.60. The molecule has 0 aliphatic rings. The molecule has 0 atom stereocenters. The zero-order valence-corrected chi connectivity index (χ0v) is 11.7. The van der Waals surface area contributed by atoms with E-state index < -0.39 is 10.0 Å². The van der Waals surface area contributed by atoms with Gasteiger partial charge in [-0.25, -0.2) is 13.1 Å². The lowest BCUT2D eigenvalue weighted by atomic mass is 10.3. The Hall–Kier alpha value is -1.11. The Labute approximate surface area is 109 Å². The van der Waals surface area contributed by atoms with Crippen molar-refractivity contribution in [2.75, 3.05) is 31.9 Å². The van der Waals surface area contributed by atoms with Crippen LogP contribution in [0.2, 0.25) is 0 Å². The van der Waals surface area contributed by atoms with Crippen molar-refractivity contribution >= 4 is 15.7 Å². The maximum absolute atomic E-state index is 12.0. The van der Waals surface area contributed by atoms with Gasteiger partial charge in [0.1, 0.15) is 0 Å². The SMILES string of the molecule is CCN(CC)CCNS(=O)(=O)c1cccc(N)c1. The number of sulfonamides is 1. The highest BCUT2D eigenvalue weighted by atomic mass is 32.2. The van der Waals surface area contributed by atoms with Crippen LogP contribution in [0.25, 0.3) is 0 Å². The fourth-order valence-corrected chi connectivity index (χ4v) is 2.72. The summed E-state index contributed by atoms with van der Waals surface area (Å²) in [5.41, 5.74) is 6.02. The summed E-state index contributed by atoms with van der Waals surface area (Å²) < 4.78 is 26.5. The molecule has 1 rings (SSSR count). The average molecular weight is 271 g/mol. The predicted octanol–water partition coefficient (Wildman–Crippen LogP) is 0.889. The maximum atomic E-state index is 12.0. The molecule has 6 heteroatoms. The molecule has 0 aliphatic carbocycles. The van der Waals surface area contributed by atoms with E-state index in [0.29, 0.717) is 18.8 Å². The van der Waals surface area contributed by atoms with Crippen LogP contribution in [0.1, 0.15) is 13.8 Å². The summed E-state index contributed by atoms with van der Waals surface area (Å²) in [6.07, 6.45) is 0. The number of rotatable bonds is 7. The van der Waals surface area contributed by atoms with Crippen LogP contribution in [-0.2, 0) is 10.0 Å². The average Bonchev–Trinajstić information content (AvgIpc) is 2.34. The lowest BCUT2D eigenvalue weighted by Crippen LogP contribution is -2.34. The first-order valence-electron chi connectivity index (χ1n) is 6.07. The molecule has 0 saturated carbocycles. The number of nitrogen functional groups attached to an aromatic ring is 1. The number of likely N-dealkylation sites (N-methyl/N-ethyl adjacent to an activating group) is 1. The summed E-state index contributed by atoms with van der Waals surface area (Å²) in [6.45, 7) is 7.03. The monoisotopic (exact) mass is 271 g/mol. The predicted molar refractivity (Wildman–Crippen MR) is 73.8 cm³/mol. The van der Waals surface area contributed by atoms with Gasteiger partial charge in [0, 0.05) is 18.8 Å². The lowest BCUT2D eigenvalue weighted by molar-refractivity contribution is 0.309. The van der Waals surface area contributed by atoms with Crippen LogP contribution in [0, 0.1) is 0 Å². The van der Waals surface area contributed by atoms with Crippen LogP contribution < -0.4 is 10.5 Å². The van der Waals surface area contributed by atoms with Crippen molar-refractivity contribution in [3.05, 3.63) is 24.3 Å². The van der Waals surface area contributed by atoms with Gasteiger partial charge >= 0.3 is 0 Å². The standard InChI is InChI=1S/C12H21N3O2S/c1-3-15(4-2)9-8-14-18(16,17)12-7-5-6-11(13)10-12/h5-7,10,14H,3-4,8-9,13H2,1-2H3. The smallest absolute Gasteiger partial charge is 0.240 e. The molecular weight excluding hydrogens is 250 g/mol. The molecule has 102 valence electrons. The number of anilines is 1. The summed E-state index contributed by atoms with van der Waals surface area (Å²) in [5, 5.41) is 0. The molecule has 3 N–H and O–H groups in total. The molecule has 0 heterocycles. The molecule has 0 bridgehead atoms. The van der Waals surface area contributed by atoms with E-state index in [1.165, 1.54) is 12.1 Å². The number of hydrogen-bond donors (Lipinski definition) is 2. The van der Waals surface area contributed by atoms with Gasteiger partial charge in [0.2, 0.25) is 10.0 Å². The highest BCUT2D eigenvalue weighted by Gasteiger charge is 2.13. The van der Waals surface area contributed by atoms with Crippen LogP contribution in [0.15, 0.2) is 29.2 Å². The second-order valence-corrected chi connectivity index (χ2v) is 5.76. The van der Waals surface area contributed by atoms with Gasteiger partial charge in [0.15, 0.2) is 0 Å². The first-order chi connectivity index (χ1) is 8.49. The van der Waals surface area contributed by atoms with Gasteiger partial charge in [-0.1, -0.05) is 19.9 Å². The van der Waals surface area contributed by atoms with Crippen LogP contribution in [0.3, 0.4) is 0 Å². The van der Waals surface area contributed by atoms with Crippen LogP contribution in [-0.4, -0.2) is 39.5 Å². The third kappa shape index (κ3) is 4.29. The second kappa shape index (κ2) is 6.72. The number of benzene rings is 1. The molecule has 0 spiro atoms. The van der Waals surface area contributed by atoms with Crippen molar-refractivity contribution < 1.29 is 8.42 Å². The van der Waals surface area contributed by atoms with E-state index in [1.54, 1.807) is 12.1 Å². The molecule has 1 aromatic rings. The van der Waals surface area contributed by atoms with E-state index in [2.05, 4.69) is 23.5 Å². The normalized spacial score (nSPS) is 11.9. The zero-order chi connectivity index (χ0) is 13.6. The fourth-order valence-electron chi connectivity index (χ4n) is 1.64. The van der Waals surface area contributed by atoms with E-state index in [4.69, 9.17) is 5.73 Å². The van der Waals surface area contributed by atoms with Crippen LogP contribution in [0.4, 0.5) is 5.69 Å².